The Kier molecular flexibility index (Phi) is 3.88. The van der Waals surface area contributed by atoms with Crippen molar-refractivity contribution in [3.05, 3.63) is 70.8 Å². The number of fused-ring (bicyclic) bond motifs is 1. The van der Waals surface area contributed by atoms with E-state index in [-0.39, 0.29) is 0 Å². The first kappa shape index (κ1) is 15.1. The molecule has 4 rings (SSSR count). The van der Waals surface area contributed by atoms with Gasteiger partial charge in [-0.05, 0) is 24.3 Å². The average Bonchev–Trinajstić information content (AvgIpc) is 3.22. The van der Waals surface area contributed by atoms with Crippen LogP contribution in [-0.4, -0.2) is 14.7 Å². The number of anilines is 2. The van der Waals surface area contributed by atoms with Crippen LogP contribution in [0.1, 0.15) is 5.69 Å². The second-order valence-corrected chi connectivity index (χ2v) is 6.06. The van der Waals surface area contributed by atoms with E-state index in [1.54, 1.807) is 30.7 Å². The van der Waals surface area contributed by atoms with Crippen LogP contribution in [0.25, 0.3) is 10.9 Å². The number of pyridine rings is 1. The molecule has 0 bridgehead atoms. The lowest BCUT2D eigenvalue weighted by atomic mass is 10.2. The van der Waals surface area contributed by atoms with Crippen LogP contribution in [0.4, 0.5) is 11.5 Å². The number of nitrogens with zero attached hydrogens (tertiary/aromatic N) is 3. The van der Waals surface area contributed by atoms with Crippen molar-refractivity contribution in [2.75, 3.05) is 5.32 Å². The highest BCUT2D eigenvalue weighted by Crippen LogP contribution is 2.34. The Morgan fingerprint density at radius 3 is 2.67 bits per heavy atom. The smallest absolute Gasteiger partial charge is 0.139 e. The SMILES string of the molecule is Clc1cccc(Cl)c1Nc1nccc2c1ccn2Cc1ccon1. The highest BCUT2D eigenvalue weighted by molar-refractivity contribution is 6.39. The molecule has 0 amide bonds. The number of aromatic nitrogens is 3. The number of nitrogens with one attached hydrogen (secondary N) is 1. The zero-order valence-electron chi connectivity index (χ0n) is 12.4. The predicted molar refractivity (Wildman–Crippen MR) is 95.1 cm³/mol. The van der Waals surface area contributed by atoms with E-state index in [2.05, 4.69) is 20.0 Å². The molecule has 0 fully saturated rings. The topological polar surface area (TPSA) is 55.9 Å². The minimum atomic E-state index is 0.545. The Morgan fingerprint density at radius 1 is 1.08 bits per heavy atom. The molecule has 0 aliphatic carbocycles. The van der Waals surface area contributed by atoms with Gasteiger partial charge in [0.2, 0.25) is 0 Å². The van der Waals surface area contributed by atoms with Crippen LogP contribution in [-0.2, 0) is 6.54 Å². The molecule has 0 radical (unpaired) electrons. The molecule has 24 heavy (non-hydrogen) atoms. The first-order valence-electron chi connectivity index (χ1n) is 7.26. The molecule has 0 spiro atoms. The van der Waals surface area contributed by atoms with E-state index in [4.69, 9.17) is 27.7 Å². The number of benzene rings is 1. The maximum Gasteiger partial charge on any atom is 0.139 e. The zero-order valence-corrected chi connectivity index (χ0v) is 13.9. The van der Waals surface area contributed by atoms with Gasteiger partial charge >= 0.3 is 0 Å². The number of halogens is 2. The van der Waals surface area contributed by atoms with Gasteiger partial charge in [0, 0.05) is 23.8 Å². The van der Waals surface area contributed by atoms with Crippen molar-refractivity contribution < 1.29 is 4.52 Å². The standard InChI is InChI=1S/C17H12Cl2N4O/c18-13-2-1-3-14(19)16(13)21-17-12-5-8-23(15(12)4-7-20-17)10-11-6-9-24-22-11/h1-9H,10H2,(H,20,21). The Labute approximate surface area is 147 Å². The fourth-order valence-corrected chi connectivity index (χ4v) is 3.08. The van der Waals surface area contributed by atoms with Crippen LogP contribution in [0.3, 0.4) is 0 Å². The van der Waals surface area contributed by atoms with Crippen molar-refractivity contribution in [3.63, 3.8) is 0 Å². The molecule has 0 atom stereocenters. The van der Waals surface area contributed by atoms with Crippen molar-refractivity contribution in [1.29, 1.82) is 0 Å². The number of hydrogen-bond acceptors (Lipinski definition) is 4. The Morgan fingerprint density at radius 2 is 1.92 bits per heavy atom. The molecule has 3 aromatic heterocycles. The van der Waals surface area contributed by atoms with Crippen molar-refractivity contribution >= 4 is 45.6 Å². The van der Waals surface area contributed by atoms with E-state index in [1.165, 1.54) is 0 Å². The Hall–Kier alpha value is -2.50. The van der Waals surface area contributed by atoms with Crippen LogP contribution in [0.15, 0.2) is 59.6 Å². The van der Waals surface area contributed by atoms with Crippen LogP contribution in [0, 0.1) is 0 Å². The van der Waals surface area contributed by atoms with Crippen molar-refractivity contribution in [3.8, 4) is 0 Å². The number of rotatable bonds is 4. The van der Waals surface area contributed by atoms with Gasteiger partial charge in [-0.15, -0.1) is 0 Å². The van der Waals surface area contributed by atoms with E-state index in [0.717, 1.165) is 16.6 Å². The summed E-state index contributed by atoms with van der Waals surface area (Å²) in [6.45, 7) is 0.621. The van der Waals surface area contributed by atoms with Crippen LogP contribution < -0.4 is 5.32 Å². The van der Waals surface area contributed by atoms with Gasteiger partial charge in [-0.2, -0.15) is 0 Å². The fraction of sp³-hybridized carbons (Fsp3) is 0.0588. The summed E-state index contributed by atoms with van der Waals surface area (Å²) in [6, 6.07) is 11.2. The summed E-state index contributed by atoms with van der Waals surface area (Å²) in [6.07, 6.45) is 5.30. The normalized spacial score (nSPS) is 11.1. The first-order valence-corrected chi connectivity index (χ1v) is 8.02. The van der Waals surface area contributed by atoms with Crippen LogP contribution in [0.5, 0.6) is 0 Å². The Bertz CT molecular complexity index is 975. The van der Waals surface area contributed by atoms with Crippen molar-refractivity contribution in [2.24, 2.45) is 0 Å². The van der Waals surface area contributed by atoms with Gasteiger partial charge in [0.15, 0.2) is 0 Å². The third kappa shape index (κ3) is 2.72. The van der Waals surface area contributed by atoms with E-state index < -0.39 is 0 Å². The van der Waals surface area contributed by atoms with E-state index in [0.29, 0.717) is 28.1 Å². The summed E-state index contributed by atoms with van der Waals surface area (Å²) in [7, 11) is 0. The third-order valence-corrected chi connectivity index (χ3v) is 4.36. The quantitative estimate of drug-likeness (QED) is 0.549. The van der Waals surface area contributed by atoms with Gasteiger partial charge in [0.25, 0.3) is 0 Å². The van der Waals surface area contributed by atoms with Crippen molar-refractivity contribution in [2.45, 2.75) is 6.54 Å². The summed E-state index contributed by atoms with van der Waals surface area (Å²) < 4.78 is 6.96. The molecule has 1 aromatic carbocycles. The summed E-state index contributed by atoms with van der Waals surface area (Å²) in [4.78, 5) is 4.42. The molecule has 1 N–H and O–H groups in total. The second-order valence-electron chi connectivity index (χ2n) is 5.25. The van der Waals surface area contributed by atoms with Gasteiger partial charge < -0.3 is 14.4 Å². The van der Waals surface area contributed by atoms with Crippen LogP contribution in [0.2, 0.25) is 10.0 Å². The third-order valence-electron chi connectivity index (χ3n) is 3.73. The molecule has 5 nitrogen and oxygen atoms in total. The second kappa shape index (κ2) is 6.19. The predicted octanol–water partition coefficient (Wildman–Crippen LogP) is 5.12. The lowest BCUT2D eigenvalue weighted by Crippen LogP contribution is -1.99. The largest absolute Gasteiger partial charge is 0.364 e. The van der Waals surface area contributed by atoms with Crippen LogP contribution >= 0.6 is 23.2 Å². The molecular formula is C17H12Cl2N4O. The van der Waals surface area contributed by atoms with E-state index >= 15 is 0 Å². The van der Waals surface area contributed by atoms with Gasteiger partial charge in [-0.1, -0.05) is 34.4 Å². The van der Waals surface area contributed by atoms with E-state index in [1.807, 2.05) is 24.4 Å². The molecule has 3 heterocycles. The monoisotopic (exact) mass is 358 g/mol. The van der Waals surface area contributed by atoms with Gasteiger partial charge in [0.1, 0.15) is 17.8 Å². The lowest BCUT2D eigenvalue weighted by molar-refractivity contribution is 0.410. The molecule has 0 aliphatic heterocycles. The highest BCUT2D eigenvalue weighted by Gasteiger charge is 2.11. The van der Waals surface area contributed by atoms with Gasteiger partial charge in [-0.25, -0.2) is 4.98 Å². The lowest BCUT2D eigenvalue weighted by Gasteiger charge is -2.11. The molecule has 120 valence electrons. The minimum absolute atomic E-state index is 0.545. The Balaban J connectivity index is 1.73. The molecule has 7 heteroatoms. The maximum atomic E-state index is 6.23. The fourth-order valence-electron chi connectivity index (χ4n) is 2.59. The summed E-state index contributed by atoms with van der Waals surface area (Å²) in [5.74, 6) is 0.696. The molecule has 0 saturated heterocycles. The minimum Gasteiger partial charge on any atom is -0.364 e. The highest BCUT2D eigenvalue weighted by atomic mass is 35.5. The molecular weight excluding hydrogens is 347 g/mol. The molecule has 0 aliphatic rings. The summed E-state index contributed by atoms with van der Waals surface area (Å²) in [5, 5.41) is 9.24. The summed E-state index contributed by atoms with van der Waals surface area (Å²) >= 11 is 12.5. The summed E-state index contributed by atoms with van der Waals surface area (Å²) in [5.41, 5.74) is 2.52. The number of para-hydroxylation sites is 1. The first-order chi connectivity index (χ1) is 11.7. The van der Waals surface area contributed by atoms with Gasteiger partial charge in [-0.3, -0.25) is 0 Å². The van der Waals surface area contributed by atoms with Gasteiger partial charge in [0.05, 0.1) is 27.8 Å². The zero-order chi connectivity index (χ0) is 16.5. The van der Waals surface area contributed by atoms with Crippen molar-refractivity contribution in [1.82, 2.24) is 14.7 Å². The number of hydrogen-bond donors (Lipinski definition) is 1. The average molecular weight is 359 g/mol. The molecule has 0 unspecified atom stereocenters. The van der Waals surface area contributed by atoms with E-state index in [9.17, 15) is 0 Å². The maximum absolute atomic E-state index is 6.23. The molecule has 0 saturated carbocycles. The molecule has 4 aromatic rings.